The summed E-state index contributed by atoms with van der Waals surface area (Å²) in [6, 6.07) is 14.7. The molecular formula is C26H36BN2O2. The highest BCUT2D eigenvalue weighted by atomic mass is 16.2. The summed E-state index contributed by atoms with van der Waals surface area (Å²) in [7, 11) is 1.25. The topological polar surface area (TPSA) is 66.6 Å². The van der Waals surface area contributed by atoms with Gasteiger partial charge >= 0.3 is 0 Å². The Labute approximate surface area is 188 Å². The van der Waals surface area contributed by atoms with E-state index in [1.807, 2.05) is 17.9 Å². The van der Waals surface area contributed by atoms with Gasteiger partial charge in [-0.1, -0.05) is 50.6 Å². The van der Waals surface area contributed by atoms with E-state index in [4.69, 9.17) is 5.73 Å². The minimum absolute atomic E-state index is 0.0748. The lowest BCUT2D eigenvalue weighted by molar-refractivity contribution is 0.0713. The first kappa shape index (κ1) is 23.6. The summed E-state index contributed by atoms with van der Waals surface area (Å²) >= 11 is 0. The Morgan fingerprint density at radius 2 is 1.97 bits per heavy atom. The number of carbonyl (C=O) groups is 1. The normalized spacial score (nSPS) is 15.7. The Morgan fingerprint density at radius 1 is 1.19 bits per heavy atom. The monoisotopic (exact) mass is 419 g/mol. The van der Waals surface area contributed by atoms with E-state index in [0.717, 1.165) is 57.2 Å². The zero-order valence-electron chi connectivity index (χ0n) is 19.0. The molecule has 0 aromatic heterocycles. The highest BCUT2D eigenvalue weighted by molar-refractivity contribution is 6.27. The third-order valence-electron chi connectivity index (χ3n) is 6.49. The van der Waals surface area contributed by atoms with Gasteiger partial charge in [0.2, 0.25) is 0 Å². The number of carbonyl (C=O) groups excluding carboxylic acids is 1. The lowest BCUT2D eigenvalue weighted by Crippen LogP contribution is -2.38. The predicted octanol–water partition coefficient (Wildman–Crippen LogP) is 4.47. The molecule has 1 fully saturated rings. The summed E-state index contributed by atoms with van der Waals surface area (Å²) < 4.78 is 0. The Bertz CT molecular complexity index is 862. The van der Waals surface area contributed by atoms with Gasteiger partial charge in [0.15, 0.2) is 0 Å². The van der Waals surface area contributed by atoms with Crippen molar-refractivity contribution < 1.29 is 9.82 Å². The molecule has 3 rings (SSSR count). The summed E-state index contributed by atoms with van der Waals surface area (Å²) in [5.74, 6) is 0.687. The number of likely N-dealkylation sites (tertiary alicyclic amines) is 1. The number of piperidine rings is 1. The minimum Gasteiger partial charge on any atom is -0.454 e. The van der Waals surface area contributed by atoms with Crippen molar-refractivity contribution in [2.75, 3.05) is 13.1 Å². The zero-order chi connectivity index (χ0) is 22.2. The van der Waals surface area contributed by atoms with Crippen LogP contribution in [0.2, 0.25) is 5.82 Å². The number of rotatable bonds is 9. The van der Waals surface area contributed by atoms with Crippen LogP contribution in [0.1, 0.15) is 78.1 Å². The van der Waals surface area contributed by atoms with Crippen LogP contribution in [-0.2, 0) is 19.4 Å². The standard InChI is InChI=1S/C26H36BN2O2/c1-3-4-7-21-9-10-24(17-25(21)15-19(2)27-31)26(30)29-13-11-22(12-14-29)23-8-5-6-20(16-23)18-28/h5-6,8-10,16-17,19,22,31H,3-4,7,11-15,18,28H2,1-2H3. The molecule has 31 heavy (non-hydrogen) atoms. The molecule has 2 aromatic rings. The van der Waals surface area contributed by atoms with Gasteiger partial charge in [-0.3, -0.25) is 4.79 Å². The van der Waals surface area contributed by atoms with E-state index in [0.29, 0.717) is 12.5 Å². The van der Waals surface area contributed by atoms with E-state index in [2.05, 4.69) is 43.3 Å². The van der Waals surface area contributed by atoms with E-state index < -0.39 is 0 Å². The molecule has 0 saturated carbocycles. The first-order valence-corrected chi connectivity index (χ1v) is 11.7. The average Bonchev–Trinajstić information content (AvgIpc) is 2.82. The Kier molecular flexibility index (Phi) is 8.74. The van der Waals surface area contributed by atoms with Crippen LogP contribution in [0.25, 0.3) is 0 Å². The van der Waals surface area contributed by atoms with Crippen LogP contribution in [0.3, 0.4) is 0 Å². The maximum Gasteiger partial charge on any atom is 0.290 e. The molecule has 1 heterocycles. The van der Waals surface area contributed by atoms with Crippen LogP contribution in [-0.4, -0.2) is 36.4 Å². The molecule has 0 bridgehead atoms. The molecule has 2 aromatic carbocycles. The number of nitrogens with two attached hydrogens (primary N) is 1. The maximum atomic E-state index is 13.2. The van der Waals surface area contributed by atoms with Crippen LogP contribution in [0.15, 0.2) is 42.5 Å². The van der Waals surface area contributed by atoms with Gasteiger partial charge in [0, 0.05) is 25.2 Å². The summed E-state index contributed by atoms with van der Waals surface area (Å²) in [5, 5.41) is 9.39. The molecule has 3 N–H and O–H groups in total. The third-order valence-corrected chi connectivity index (χ3v) is 6.49. The predicted molar refractivity (Wildman–Crippen MR) is 128 cm³/mol. The minimum atomic E-state index is 0.0748. The second-order valence-corrected chi connectivity index (χ2v) is 8.93. The fraction of sp³-hybridized carbons (Fsp3) is 0.500. The quantitative estimate of drug-likeness (QED) is 0.590. The van der Waals surface area contributed by atoms with E-state index in [1.54, 1.807) is 0 Å². The van der Waals surface area contributed by atoms with E-state index in [9.17, 15) is 9.82 Å². The summed E-state index contributed by atoms with van der Waals surface area (Å²) in [6.07, 6.45) is 6.03. The molecular weight excluding hydrogens is 383 g/mol. The molecule has 4 nitrogen and oxygen atoms in total. The molecule has 1 radical (unpaired) electrons. The number of amides is 1. The fourth-order valence-electron chi connectivity index (χ4n) is 4.53. The highest BCUT2D eigenvalue weighted by Gasteiger charge is 2.25. The van der Waals surface area contributed by atoms with Crippen molar-refractivity contribution in [3.05, 3.63) is 70.3 Å². The molecule has 1 atom stereocenters. The lowest BCUT2D eigenvalue weighted by Gasteiger charge is -2.32. The Balaban J connectivity index is 1.68. The highest BCUT2D eigenvalue weighted by Crippen LogP contribution is 2.30. The first-order chi connectivity index (χ1) is 15.0. The second-order valence-electron chi connectivity index (χ2n) is 8.93. The molecule has 5 heteroatoms. The molecule has 0 spiro atoms. The Hall–Kier alpha value is -2.11. The van der Waals surface area contributed by atoms with Gasteiger partial charge in [0.1, 0.15) is 0 Å². The van der Waals surface area contributed by atoms with Crippen molar-refractivity contribution in [3.63, 3.8) is 0 Å². The molecule has 1 saturated heterocycles. The maximum absolute atomic E-state index is 13.2. The molecule has 1 unspecified atom stereocenters. The van der Waals surface area contributed by atoms with E-state index in [-0.39, 0.29) is 11.7 Å². The van der Waals surface area contributed by atoms with Crippen molar-refractivity contribution in [2.45, 2.75) is 70.7 Å². The van der Waals surface area contributed by atoms with Crippen molar-refractivity contribution >= 4 is 13.4 Å². The van der Waals surface area contributed by atoms with Crippen molar-refractivity contribution in [3.8, 4) is 0 Å². The number of aryl methyl sites for hydroxylation is 1. The van der Waals surface area contributed by atoms with Gasteiger partial charge in [-0.2, -0.15) is 0 Å². The number of hydrogen-bond acceptors (Lipinski definition) is 3. The number of unbranched alkanes of at least 4 members (excludes halogenated alkanes) is 1. The molecule has 1 aliphatic heterocycles. The van der Waals surface area contributed by atoms with Gasteiger partial charge in [-0.25, -0.2) is 0 Å². The first-order valence-electron chi connectivity index (χ1n) is 11.7. The van der Waals surface area contributed by atoms with E-state index >= 15 is 0 Å². The smallest absolute Gasteiger partial charge is 0.290 e. The van der Waals surface area contributed by atoms with Crippen molar-refractivity contribution in [2.24, 2.45) is 5.73 Å². The van der Waals surface area contributed by atoms with Crippen LogP contribution in [0.4, 0.5) is 0 Å². The molecule has 165 valence electrons. The van der Waals surface area contributed by atoms with Crippen molar-refractivity contribution in [1.29, 1.82) is 0 Å². The van der Waals surface area contributed by atoms with Gasteiger partial charge in [0.05, 0.1) is 0 Å². The van der Waals surface area contributed by atoms with Crippen LogP contribution in [0.5, 0.6) is 0 Å². The number of nitrogens with zero attached hydrogens (tertiary/aromatic N) is 1. The Morgan fingerprint density at radius 3 is 2.65 bits per heavy atom. The molecule has 0 aliphatic carbocycles. The largest absolute Gasteiger partial charge is 0.454 e. The molecule has 1 amide bonds. The second kappa shape index (κ2) is 11.5. The lowest BCUT2D eigenvalue weighted by atomic mass is 9.76. The van der Waals surface area contributed by atoms with Crippen molar-refractivity contribution in [1.82, 2.24) is 4.90 Å². The van der Waals surface area contributed by atoms with Crippen LogP contribution in [0, 0.1) is 0 Å². The summed E-state index contributed by atoms with van der Waals surface area (Å²) in [5.41, 5.74) is 11.6. The zero-order valence-corrected chi connectivity index (χ0v) is 19.0. The SMILES string of the molecule is CCCCc1ccc(C(=O)N2CCC(c3cccc(CN)c3)CC2)cc1CC(C)[B]O. The van der Waals surface area contributed by atoms with Crippen LogP contribution >= 0.6 is 0 Å². The van der Waals surface area contributed by atoms with Crippen LogP contribution < -0.4 is 5.73 Å². The van der Waals surface area contributed by atoms with Gasteiger partial charge in [0.25, 0.3) is 13.4 Å². The van der Waals surface area contributed by atoms with Gasteiger partial charge < -0.3 is 15.7 Å². The van der Waals surface area contributed by atoms with Gasteiger partial charge in [-0.05, 0) is 78.2 Å². The average molecular weight is 419 g/mol. The van der Waals surface area contributed by atoms with E-state index in [1.165, 1.54) is 29.7 Å². The third kappa shape index (κ3) is 6.21. The number of hydrogen-bond donors (Lipinski definition) is 2. The number of benzene rings is 2. The molecule has 1 aliphatic rings. The van der Waals surface area contributed by atoms with Gasteiger partial charge in [-0.15, -0.1) is 0 Å². The summed E-state index contributed by atoms with van der Waals surface area (Å²) in [4.78, 5) is 15.2. The summed E-state index contributed by atoms with van der Waals surface area (Å²) in [6.45, 7) is 6.32. The fourth-order valence-corrected chi connectivity index (χ4v) is 4.53.